The summed E-state index contributed by atoms with van der Waals surface area (Å²) in [5, 5.41) is 3.06. The normalized spacial score (nSPS) is 10.8. The van der Waals surface area contributed by atoms with Gasteiger partial charge >= 0.3 is 0 Å². The van der Waals surface area contributed by atoms with Crippen molar-refractivity contribution in [2.45, 2.75) is 6.61 Å². The highest BCUT2D eigenvalue weighted by Crippen LogP contribution is 2.37. The van der Waals surface area contributed by atoms with Gasteiger partial charge in [0.05, 0.1) is 12.5 Å². The minimum atomic E-state index is 0.424. The van der Waals surface area contributed by atoms with Crippen molar-refractivity contribution in [3.63, 3.8) is 0 Å². The van der Waals surface area contributed by atoms with Crippen LogP contribution in [-0.4, -0.2) is 17.1 Å². The summed E-state index contributed by atoms with van der Waals surface area (Å²) < 4.78 is 11.3. The van der Waals surface area contributed by atoms with Crippen LogP contribution in [0.3, 0.4) is 0 Å². The van der Waals surface area contributed by atoms with Gasteiger partial charge in [-0.2, -0.15) is 0 Å². The molecule has 5 heteroatoms. The summed E-state index contributed by atoms with van der Waals surface area (Å²) in [5.41, 5.74) is 3.26. The van der Waals surface area contributed by atoms with Gasteiger partial charge in [-0.3, -0.25) is 0 Å². The summed E-state index contributed by atoms with van der Waals surface area (Å²) in [4.78, 5) is 9.67. The van der Waals surface area contributed by atoms with Crippen molar-refractivity contribution in [3.8, 4) is 22.8 Å². The summed E-state index contributed by atoms with van der Waals surface area (Å²) in [6.07, 6.45) is 1.55. The van der Waals surface area contributed by atoms with Gasteiger partial charge in [-0.25, -0.2) is 9.97 Å². The van der Waals surface area contributed by atoms with E-state index in [1.54, 1.807) is 24.8 Å². The Morgan fingerprint density at radius 3 is 2.72 bits per heavy atom. The molecule has 0 N–H and O–H groups in total. The van der Waals surface area contributed by atoms with Gasteiger partial charge in [0.1, 0.15) is 23.5 Å². The Morgan fingerprint density at radius 2 is 1.88 bits per heavy atom. The van der Waals surface area contributed by atoms with Crippen LogP contribution in [0, 0.1) is 0 Å². The molecule has 25 heavy (non-hydrogen) atoms. The van der Waals surface area contributed by atoms with Gasteiger partial charge in [-0.1, -0.05) is 42.5 Å². The first-order chi connectivity index (χ1) is 12.3. The molecule has 4 nitrogen and oxygen atoms in total. The van der Waals surface area contributed by atoms with Crippen molar-refractivity contribution in [1.29, 1.82) is 0 Å². The van der Waals surface area contributed by atoms with E-state index in [1.807, 2.05) is 42.5 Å². The van der Waals surface area contributed by atoms with Crippen molar-refractivity contribution in [2.75, 3.05) is 7.11 Å². The van der Waals surface area contributed by atoms with Crippen LogP contribution in [0.5, 0.6) is 11.6 Å². The van der Waals surface area contributed by atoms with Gasteiger partial charge in [0.2, 0.25) is 5.88 Å². The summed E-state index contributed by atoms with van der Waals surface area (Å²) in [6.45, 7) is 0.424. The average molecular weight is 348 g/mol. The first-order valence-electron chi connectivity index (χ1n) is 7.88. The summed E-state index contributed by atoms with van der Waals surface area (Å²) in [7, 11) is 1.66. The van der Waals surface area contributed by atoms with E-state index in [4.69, 9.17) is 9.47 Å². The minimum absolute atomic E-state index is 0.424. The lowest BCUT2D eigenvalue weighted by atomic mass is 10.1. The highest BCUT2D eigenvalue weighted by molar-refractivity contribution is 7.17. The molecule has 0 aliphatic rings. The Hall–Kier alpha value is -2.92. The molecule has 0 fully saturated rings. The Bertz CT molecular complexity index is 999. The van der Waals surface area contributed by atoms with Crippen molar-refractivity contribution >= 4 is 21.6 Å². The predicted octanol–water partition coefficient (Wildman–Crippen LogP) is 4.95. The number of thiophene rings is 1. The number of benzene rings is 2. The van der Waals surface area contributed by atoms with Crippen molar-refractivity contribution in [1.82, 2.24) is 9.97 Å². The van der Waals surface area contributed by atoms with Gasteiger partial charge in [0, 0.05) is 10.9 Å². The van der Waals surface area contributed by atoms with Crippen LogP contribution in [0.1, 0.15) is 5.56 Å². The standard InChI is InChI=1S/C20H16N2O2S/c1-23-16-9-5-6-14(10-16)11-24-19-18-17(15-7-3-2-4-8-15)12-25-20(18)22-13-21-19/h2-10,12-13H,11H2,1H3. The Kier molecular flexibility index (Phi) is 4.31. The van der Waals surface area contributed by atoms with Crippen LogP contribution < -0.4 is 9.47 Å². The molecule has 124 valence electrons. The molecule has 0 aliphatic heterocycles. The number of hydrogen-bond donors (Lipinski definition) is 0. The molecular weight excluding hydrogens is 332 g/mol. The van der Waals surface area contributed by atoms with E-state index in [-0.39, 0.29) is 0 Å². The molecular formula is C20H16N2O2S. The number of rotatable bonds is 5. The SMILES string of the molecule is COc1cccc(COc2ncnc3scc(-c4ccccc4)c23)c1. The zero-order chi connectivity index (χ0) is 17.1. The first-order valence-corrected chi connectivity index (χ1v) is 8.76. The molecule has 0 bridgehead atoms. The van der Waals surface area contributed by atoms with Crippen LogP contribution in [0.2, 0.25) is 0 Å². The second kappa shape index (κ2) is 6.91. The number of fused-ring (bicyclic) bond motifs is 1. The van der Waals surface area contributed by atoms with Crippen molar-refractivity contribution < 1.29 is 9.47 Å². The fraction of sp³-hybridized carbons (Fsp3) is 0.100. The molecule has 0 amide bonds. The maximum absolute atomic E-state index is 6.03. The highest BCUT2D eigenvalue weighted by atomic mass is 32.1. The molecule has 0 aliphatic carbocycles. The van der Waals surface area contributed by atoms with Gasteiger partial charge in [0.15, 0.2) is 0 Å². The maximum Gasteiger partial charge on any atom is 0.226 e. The third-order valence-electron chi connectivity index (χ3n) is 3.93. The van der Waals surface area contributed by atoms with Gasteiger partial charge in [0.25, 0.3) is 0 Å². The fourth-order valence-corrected chi connectivity index (χ4v) is 3.61. The fourth-order valence-electron chi connectivity index (χ4n) is 2.70. The smallest absolute Gasteiger partial charge is 0.226 e. The maximum atomic E-state index is 6.03. The quantitative estimate of drug-likeness (QED) is 0.512. The third-order valence-corrected chi connectivity index (χ3v) is 4.82. The van der Waals surface area contributed by atoms with Crippen LogP contribution in [0.25, 0.3) is 21.3 Å². The molecule has 0 saturated heterocycles. The molecule has 4 aromatic rings. The molecule has 0 spiro atoms. The number of methoxy groups -OCH3 is 1. The van der Waals surface area contributed by atoms with E-state index in [0.29, 0.717) is 12.5 Å². The van der Waals surface area contributed by atoms with E-state index >= 15 is 0 Å². The van der Waals surface area contributed by atoms with E-state index in [2.05, 4.69) is 27.5 Å². The topological polar surface area (TPSA) is 44.2 Å². The molecule has 2 aromatic carbocycles. The lowest BCUT2D eigenvalue weighted by molar-refractivity contribution is 0.297. The van der Waals surface area contributed by atoms with Gasteiger partial charge in [-0.15, -0.1) is 11.3 Å². The number of nitrogens with zero attached hydrogens (tertiary/aromatic N) is 2. The first kappa shape index (κ1) is 15.6. The van der Waals surface area contributed by atoms with Crippen LogP contribution in [-0.2, 0) is 6.61 Å². The number of ether oxygens (including phenoxy) is 2. The highest BCUT2D eigenvalue weighted by Gasteiger charge is 2.14. The summed E-state index contributed by atoms with van der Waals surface area (Å²) in [6, 6.07) is 18.1. The third kappa shape index (κ3) is 3.19. The van der Waals surface area contributed by atoms with Crippen LogP contribution >= 0.6 is 11.3 Å². The summed E-state index contributed by atoms with van der Waals surface area (Å²) in [5.74, 6) is 1.42. The van der Waals surface area contributed by atoms with E-state index in [0.717, 1.165) is 32.7 Å². The Labute approximate surface area is 149 Å². The minimum Gasteiger partial charge on any atom is -0.497 e. The van der Waals surface area contributed by atoms with Gasteiger partial charge in [-0.05, 0) is 23.3 Å². The zero-order valence-corrected chi connectivity index (χ0v) is 14.5. The summed E-state index contributed by atoms with van der Waals surface area (Å²) >= 11 is 1.60. The second-order valence-electron chi connectivity index (χ2n) is 5.51. The molecule has 0 atom stereocenters. The van der Waals surface area contributed by atoms with E-state index in [1.165, 1.54) is 0 Å². The average Bonchev–Trinajstić information content (AvgIpc) is 3.12. The zero-order valence-electron chi connectivity index (χ0n) is 13.7. The molecule has 4 rings (SSSR count). The van der Waals surface area contributed by atoms with E-state index in [9.17, 15) is 0 Å². The lowest BCUT2D eigenvalue weighted by Gasteiger charge is -2.09. The molecule has 2 heterocycles. The Balaban J connectivity index is 1.68. The largest absolute Gasteiger partial charge is 0.497 e. The Morgan fingerprint density at radius 1 is 1.00 bits per heavy atom. The van der Waals surface area contributed by atoms with Crippen molar-refractivity contribution in [2.24, 2.45) is 0 Å². The molecule has 0 saturated carbocycles. The number of aromatic nitrogens is 2. The predicted molar refractivity (Wildman–Crippen MR) is 100 cm³/mol. The van der Waals surface area contributed by atoms with Gasteiger partial charge < -0.3 is 9.47 Å². The second-order valence-corrected chi connectivity index (χ2v) is 6.37. The van der Waals surface area contributed by atoms with E-state index < -0.39 is 0 Å². The molecule has 0 radical (unpaired) electrons. The number of hydrogen-bond acceptors (Lipinski definition) is 5. The molecule has 0 unspecified atom stereocenters. The monoisotopic (exact) mass is 348 g/mol. The van der Waals surface area contributed by atoms with Crippen LogP contribution in [0.4, 0.5) is 0 Å². The van der Waals surface area contributed by atoms with Crippen LogP contribution in [0.15, 0.2) is 66.3 Å². The van der Waals surface area contributed by atoms with Crippen molar-refractivity contribution in [3.05, 3.63) is 71.9 Å². The molecule has 2 aromatic heterocycles. The lowest BCUT2D eigenvalue weighted by Crippen LogP contribution is -1.99.